The highest BCUT2D eigenvalue weighted by atomic mass is 79.9. The fourth-order valence-corrected chi connectivity index (χ4v) is 12.1. The maximum absolute atomic E-state index is 12.2. The zero-order chi connectivity index (χ0) is 26.3. The SMILES string of the molecule is C=C(C)[C@@H]1CC[C@]2(CO)CC[C@]3(C)C(CCC4[C@@]5(C)CC[C@H](OC(=O)CBr)C(C)(C)C5CC[C@]43C)C12. The van der Waals surface area contributed by atoms with Crippen molar-refractivity contribution in [3.8, 4) is 0 Å². The van der Waals surface area contributed by atoms with E-state index in [1.54, 1.807) is 0 Å². The van der Waals surface area contributed by atoms with Gasteiger partial charge in [-0.05, 0) is 122 Å². The zero-order valence-electron chi connectivity index (χ0n) is 23.8. The highest BCUT2D eigenvalue weighted by Gasteiger charge is 2.71. The summed E-state index contributed by atoms with van der Waals surface area (Å²) in [5.41, 5.74) is 2.39. The summed E-state index contributed by atoms with van der Waals surface area (Å²) in [6.07, 6.45) is 12.2. The molecular weight excluding hydrogens is 512 g/mol. The first-order valence-corrected chi connectivity index (χ1v) is 15.9. The van der Waals surface area contributed by atoms with Gasteiger partial charge in [-0.1, -0.05) is 62.7 Å². The molecule has 0 saturated heterocycles. The van der Waals surface area contributed by atoms with Gasteiger partial charge in [0.25, 0.3) is 0 Å². The van der Waals surface area contributed by atoms with Crippen LogP contribution in [0.5, 0.6) is 0 Å². The summed E-state index contributed by atoms with van der Waals surface area (Å²) < 4.78 is 6.00. The van der Waals surface area contributed by atoms with E-state index in [1.165, 1.54) is 63.4 Å². The van der Waals surface area contributed by atoms with Crippen LogP contribution < -0.4 is 0 Å². The Kier molecular flexibility index (Phi) is 6.68. The first-order chi connectivity index (χ1) is 16.8. The number of halogens is 1. The van der Waals surface area contributed by atoms with E-state index in [4.69, 9.17) is 4.74 Å². The Hall–Kier alpha value is -0.350. The third kappa shape index (κ3) is 3.47. The van der Waals surface area contributed by atoms with Crippen LogP contribution in [-0.2, 0) is 9.53 Å². The van der Waals surface area contributed by atoms with Crippen LogP contribution in [-0.4, -0.2) is 29.1 Å². The fourth-order valence-electron chi connectivity index (χ4n) is 11.9. The van der Waals surface area contributed by atoms with Crippen molar-refractivity contribution in [2.75, 3.05) is 11.9 Å². The topological polar surface area (TPSA) is 46.5 Å². The number of carbonyl (C=O) groups excluding carboxylic acids is 1. The van der Waals surface area contributed by atoms with Crippen LogP contribution in [0.2, 0.25) is 0 Å². The molecule has 0 heterocycles. The lowest BCUT2D eigenvalue weighted by atomic mass is 9.32. The molecule has 3 nitrogen and oxygen atoms in total. The number of rotatable bonds is 4. The van der Waals surface area contributed by atoms with Gasteiger partial charge in [0.15, 0.2) is 0 Å². The van der Waals surface area contributed by atoms with Crippen molar-refractivity contribution in [2.24, 2.45) is 56.7 Å². The summed E-state index contributed by atoms with van der Waals surface area (Å²) in [4.78, 5) is 12.2. The van der Waals surface area contributed by atoms with E-state index in [-0.39, 0.29) is 33.6 Å². The molecule has 5 rings (SSSR count). The number of allylic oxidation sites excluding steroid dienone is 1. The van der Waals surface area contributed by atoms with E-state index in [2.05, 4.69) is 64.1 Å². The lowest BCUT2D eigenvalue weighted by Gasteiger charge is -2.73. The van der Waals surface area contributed by atoms with Gasteiger partial charge in [-0.3, -0.25) is 4.79 Å². The van der Waals surface area contributed by atoms with E-state index in [9.17, 15) is 9.90 Å². The maximum Gasteiger partial charge on any atom is 0.316 e. The summed E-state index contributed by atoms with van der Waals surface area (Å²) in [5.74, 6) is 3.03. The third-order valence-corrected chi connectivity index (χ3v) is 14.3. The van der Waals surface area contributed by atoms with Gasteiger partial charge >= 0.3 is 5.97 Å². The van der Waals surface area contributed by atoms with Crippen LogP contribution in [0, 0.1) is 56.7 Å². The number of aliphatic hydroxyl groups is 1. The molecule has 0 aromatic heterocycles. The second kappa shape index (κ2) is 8.83. The first kappa shape index (κ1) is 27.2. The smallest absolute Gasteiger partial charge is 0.316 e. The first-order valence-electron chi connectivity index (χ1n) is 14.8. The Morgan fingerprint density at radius 1 is 0.917 bits per heavy atom. The van der Waals surface area contributed by atoms with Gasteiger partial charge in [-0.2, -0.15) is 0 Å². The van der Waals surface area contributed by atoms with Crippen LogP contribution in [0.4, 0.5) is 0 Å². The molecule has 1 N–H and O–H groups in total. The number of fused-ring (bicyclic) bond motifs is 7. The van der Waals surface area contributed by atoms with Gasteiger partial charge in [-0.25, -0.2) is 0 Å². The standard InChI is InChI=1S/C32H51BrO3/c1-20(2)21-10-15-32(19-34)17-16-30(6)22(27(21)32)8-9-24-29(5)13-12-25(36-26(35)18-33)28(3,4)23(29)11-14-31(24,30)7/h21-25,27,34H,1,8-19H2,2-7H3/t21-,22?,23?,24?,25-,27?,29-,30+,31+,32+/m0/s1. The summed E-state index contributed by atoms with van der Waals surface area (Å²) >= 11 is 3.30. The Morgan fingerprint density at radius 3 is 2.28 bits per heavy atom. The van der Waals surface area contributed by atoms with Crippen LogP contribution in [0.25, 0.3) is 0 Å². The molecule has 4 heteroatoms. The molecule has 10 atom stereocenters. The molecule has 5 saturated carbocycles. The highest BCUT2D eigenvalue weighted by molar-refractivity contribution is 9.09. The second-order valence-electron chi connectivity index (χ2n) is 15.2. The fraction of sp³-hybridized carbons (Fsp3) is 0.906. The predicted molar refractivity (Wildman–Crippen MR) is 150 cm³/mol. The zero-order valence-corrected chi connectivity index (χ0v) is 25.4. The number of carbonyl (C=O) groups is 1. The molecule has 0 spiro atoms. The van der Waals surface area contributed by atoms with Crippen molar-refractivity contribution in [1.82, 2.24) is 0 Å². The number of aliphatic hydroxyl groups excluding tert-OH is 1. The van der Waals surface area contributed by atoms with Crippen molar-refractivity contribution in [3.05, 3.63) is 12.2 Å². The van der Waals surface area contributed by atoms with Gasteiger partial charge < -0.3 is 9.84 Å². The minimum atomic E-state index is -0.122. The van der Waals surface area contributed by atoms with E-state index in [0.29, 0.717) is 47.0 Å². The average Bonchev–Trinajstić information content (AvgIpc) is 3.22. The number of hydrogen-bond donors (Lipinski definition) is 1. The highest BCUT2D eigenvalue weighted by Crippen LogP contribution is 2.77. The van der Waals surface area contributed by atoms with Gasteiger partial charge in [-0.15, -0.1) is 0 Å². The Morgan fingerprint density at radius 2 is 1.64 bits per heavy atom. The van der Waals surface area contributed by atoms with E-state index < -0.39 is 0 Å². The Labute approximate surface area is 228 Å². The van der Waals surface area contributed by atoms with E-state index in [1.807, 2.05) is 0 Å². The average molecular weight is 564 g/mol. The maximum atomic E-state index is 12.2. The quantitative estimate of drug-likeness (QED) is 0.215. The lowest BCUT2D eigenvalue weighted by molar-refractivity contribution is -0.251. The third-order valence-electron chi connectivity index (χ3n) is 13.9. The minimum Gasteiger partial charge on any atom is -0.461 e. The van der Waals surface area contributed by atoms with Crippen molar-refractivity contribution in [3.63, 3.8) is 0 Å². The van der Waals surface area contributed by atoms with Gasteiger partial charge in [0.2, 0.25) is 0 Å². The van der Waals surface area contributed by atoms with Gasteiger partial charge in [0, 0.05) is 12.0 Å². The molecule has 5 fully saturated rings. The van der Waals surface area contributed by atoms with Crippen LogP contribution in [0.1, 0.15) is 106 Å². The molecular formula is C32H51BrO3. The largest absolute Gasteiger partial charge is 0.461 e. The minimum absolute atomic E-state index is 0.000972. The monoisotopic (exact) mass is 562 g/mol. The number of alkyl halides is 1. The van der Waals surface area contributed by atoms with E-state index in [0.717, 1.165) is 6.42 Å². The molecule has 0 radical (unpaired) electrons. The molecule has 0 bridgehead atoms. The molecule has 204 valence electrons. The molecule has 5 aliphatic rings. The second-order valence-corrected chi connectivity index (χ2v) is 15.7. The van der Waals surface area contributed by atoms with Gasteiger partial charge in [0.1, 0.15) is 11.4 Å². The molecule has 5 aliphatic carbocycles. The Bertz CT molecular complexity index is 913. The van der Waals surface area contributed by atoms with Crippen molar-refractivity contribution in [2.45, 2.75) is 112 Å². The van der Waals surface area contributed by atoms with Crippen LogP contribution in [0.3, 0.4) is 0 Å². The molecule has 4 unspecified atom stereocenters. The molecule has 0 aromatic carbocycles. The molecule has 0 aromatic rings. The summed E-state index contributed by atoms with van der Waals surface area (Å²) in [5, 5.41) is 11.0. The number of ether oxygens (including phenoxy) is 1. The Balaban J connectivity index is 1.49. The van der Waals surface area contributed by atoms with E-state index >= 15 is 0 Å². The van der Waals surface area contributed by atoms with Gasteiger partial charge in [0.05, 0.1) is 0 Å². The number of esters is 1. The predicted octanol–water partition coefficient (Wildman–Crippen LogP) is 7.94. The summed E-state index contributed by atoms with van der Waals surface area (Å²) in [7, 11) is 0. The molecule has 0 amide bonds. The van der Waals surface area contributed by atoms with Crippen LogP contribution >= 0.6 is 15.9 Å². The van der Waals surface area contributed by atoms with Crippen molar-refractivity contribution in [1.29, 1.82) is 0 Å². The summed E-state index contributed by atoms with van der Waals surface area (Å²) in [6.45, 7) is 19.8. The van der Waals surface area contributed by atoms with Crippen LogP contribution in [0.15, 0.2) is 12.2 Å². The lowest BCUT2D eigenvalue weighted by Crippen LogP contribution is -2.67. The van der Waals surface area contributed by atoms with Crippen molar-refractivity contribution >= 4 is 21.9 Å². The molecule has 36 heavy (non-hydrogen) atoms. The number of hydrogen-bond acceptors (Lipinski definition) is 3. The molecule has 0 aliphatic heterocycles. The normalized spacial score (nSPS) is 51.3. The summed E-state index contributed by atoms with van der Waals surface area (Å²) in [6, 6.07) is 0. The van der Waals surface area contributed by atoms with Crippen molar-refractivity contribution < 1.29 is 14.6 Å².